The number of hydrogen-bond donors (Lipinski definition) is 3. The zero-order chi connectivity index (χ0) is 19.2. The molecule has 0 spiro atoms. The molecule has 3 aromatic carbocycles. The number of anilines is 2. The van der Waals surface area contributed by atoms with Crippen molar-refractivity contribution in [3.63, 3.8) is 0 Å². The molecule has 3 rings (SSSR count). The Bertz CT molecular complexity index is 901. The smallest absolute Gasteiger partial charge is 0.313 e. The molecule has 0 heterocycles. The van der Waals surface area contributed by atoms with Crippen molar-refractivity contribution in [2.24, 2.45) is 0 Å². The van der Waals surface area contributed by atoms with E-state index in [1.165, 1.54) is 0 Å². The van der Waals surface area contributed by atoms with E-state index >= 15 is 0 Å². The molecular formula is C22H21N3O2. The lowest BCUT2D eigenvalue weighted by atomic mass is 9.98. The van der Waals surface area contributed by atoms with Gasteiger partial charge >= 0.3 is 11.8 Å². The molecular weight excluding hydrogens is 338 g/mol. The average molecular weight is 359 g/mol. The van der Waals surface area contributed by atoms with Gasteiger partial charge in [-0.15, -0.1) is 0 Å². The first-order chi connectivity index (χ1) is 13.0. The van der Waals surface area contributed by atoms with Crippen LogP contribution < -0.4 is 16.4 Å². The number of benzene rings is 3. The predicted molar refractivity (Wildman–Crippen MR) is 107 cm³/mol. The molecule has 4 N–H and O–H groups in total. The molecule has 5 heteroatoms. The lowest BCUT2D eigenvalue weighted by molar-refractivity contribution is -0.136. The monoisotopic (exact) mass is 359 g/mol. The van der Waals surface area contributed by atoms with Crippen LogP contribution in [0.25, 0.3) is 0 Å². The minimum Gasteiger partial charge on any atom is -0.397 e. The van der Waals surface area contributed by atoms with E-state index in [1.807, 2.05) is 73.7 Å². The van der Waals surface area contributed by atoms with Gasteiger partial charge in [0.25, 0.3) is 0 Å². The normalized spacial score (nSPS) is 10.4. The molecule has 0 fully saturated rings. The second kappa shape index (κ2) is 8.19. The summed E-state index contributed by atoms with van der Waals surface area (Å²) in [5.41, 5.74) is 9.42. The lowest BCUT2D eigenvalue weighted by Crippen LogP contribution is -2.38. The number of nitrogens with two attached hydrogens (primary N) is 1. The van der Waals surface area contributed by atoms with E-state index in [2.05, 4.69) is 10.6 Å². The van der Waals surface area contributed by atoms with Crippen molar-refractivity contribution in [1.29, 1.82) is 0 Å². The first-order valence-electron chi connectivity index (χ1n) is 8.62. The quantitative estimate of drug-likeness (QED) is 0.493. The number of carbonyl (C=O) groups excluding carboxylic acids is 2. The number of carbonyl (C=O) groups is 2. The van der Waals surface area contributed by atoms with Gasteiger partial charge in [-0.1, -0.05) is 66.7 Å². The predicted octanol–water partition coefficient (Wildman–Crippen LogP) is 3.42. The Kier molecular flexibility index (Phi) is 5.52. The summed E-state index contributed by atoms with van der Waals surface area (Å²) >= 11 is 0. The van der Waals surface area contributed by atoms with Gasteiger partial charge in [0.15, 0.2) is 0 Å². The number of nitrogens with one attached hydrogen (secondary N) is 2. The molecule has 0 atom stereocenters. The van der Waals surface area contributed by atoms with Crippen LogP contribution in [0.15, 0.2) is 78.9 Å². The topological polar surface area (TPSA) is 84.2 Å². The molecule has 136 valence electrons. The van der Waals surface area contributed by atoms with Gasteiger partial charge in [-0.2, -0.15) is 0 Å². The Hall–Kier alpha value is -3.60. The Morgan fingerprint density at radius 1 is 0.815 bits per heavy atom. The van der Waals surface area contributed by atoms with Crippen molar-refractivity contribution in [3.05, 3.63) is 95.6 Å². The first kappa shape index (κ1) is 18.2. The van der Waals surface area contributed by atoms with Gasteiger partial charge in [0.1, 0.15) is 0 Å². The number of amides is 2. The second-order valence-electron chi connectivity index (χ2n) is 6.27. The fourth-order valence-electron chi connectivity index (χ4n) is 2.80. The number of hydrogen-bond acceptors (Lipinski definition) is 3. The molecule has 5 nitrogen and oxygen atoms in total. The van der Waals surface area contributed by atoms with Crippen LogP contribution in [0.4, 0.5) is 11.4 Å². The van der Waals surface area contributed by atoms with Crippen LogP contribution in [0.2, 0.25) is 0 Å². The molecule has 0 saturated heterocycles. The number of nitrogen functional groups attached to an aromatic ring is 1. The Labute approximate surface area is 158 Å². The Morgan fingerprint density at radius 3 is 1.93 bits per heavy atom. The van der Waals surface area contributed by atoms with Crippen molar-refractivity contribution < 1.29 is 9.59 Å². The van der Waals surface area contributed by atoms with E-state index in [1.54, 1.807) is 12.1 Å². The third-order valence-electron chi connectivity index (χ3n) is 4.20. The summed E-state index contributed by atoms with van der Waals surface area (Å²) < 4.78 is 0. The molecule has 0 aliphatic heterocycles. The van der Waals surface area contributed by atoms with Crippen molar-refractivity contribution >= 4 is 23.2 Å². The third-order valence-corrected chi connectivity index (χ3v) is 4.20. The molecule has 27 heavy (non-hydrogen) atoms. The van der Waals surface area contributed by atoms with Crippen LogP contribution in [0.1, 0.15) is 22.7 Å². The average Bonchev–Trinajstić information content (AvgIpc) is 2.70. The highest BCUT2D eigenvalue weighted by atomic mass is 16.2. The molecule has 3 aromatic rings. The van der Waals surface area contributed by atoms with E-state index in [0.717, 1.165) is 16.7 Å². The van der Waals surface area contributed by atoms with Gasteiger partial charge in [-0.05, 0) is 35.7 Å². The van der Waals surface area contributed by atoms with E-state index in [-0.39, 0.29) is 0 Å². The Morgan fingerprint density at radius 2 is 1.37 bits per heavy atom. The zero-order valence-corrected chi connectivity index (χ0v) is 15.0. The highest BCUT2D eigenvalue weighted by Gasteiger charge is 2.21. The van der Waals surface area contributed by atoms with Crippen LogP contribution in [-0.2, 0) is 9.59 Å². The second-order valence-corrected chi connectivity index (χ2v) is 6.27. The SMILES string of the molecule is Cc1ccc(N)c(NC(=O)C(=O)NC(c2ccccc2)c2ccccc2)c1. The van der Waals surface area contributed by atoms with E-state index in [0.29, 0.717) is 11.4 Å². The molecule has 0 aliphatic rings. The maximum absolute atomic E-state index is 12.5. The van der Waals surface area contributed by atoms with Gasteiger partial charge in [-0.3, -0.25) is 9.59 Å². The minimum absolute atomic E-state index is 0.407. The fraction of sp³-hybridized carbons (Fsp3) is 0.0909. The molecule has 0 aromatic heterocycles. The van der Waals surface area contributed by atoms with Crippen LogP contribution in [0.3, 0.4) is 0 Å². The molecule has 0 unspecified atom stereocenters. The van der Waals surface area contributed by atoms with Gasteiger partial charge in [0.05, 0.1) is 17.4 Å². The van der Waals surface area contributed by atoms with Crippen LogP contribution in [0, 0.1) is 6.92 Å². The standard InChI is InChI=1S/C22H21N3O2/c1-15-12-13-18(23)19(14-15)24-21(26)22(27)25-20(16-8-4-2-5-9-16)17-10-6-3-7-11-17/h2-14,20H,23H2,1H3,(H,24,26)(H,25,27). The highest BCUT2D eigenvalue weighted by molar-refractivity contribution is 6.40. The molecule has 0 radical (unpaired) electrons. The maximum atomic E-state index is 12.5. The summed E-state index contributed by atoms with van der Waals surface area (Å²) in [5.74, 6) is -1.49. The molecule has 0 saturated carbocycles. The van der Waals surface area contributed by atoms with Crippen molar-refractivity contribution in [2.75, 3.05) is 11.1 Å². The fourth-order valence-corrected chi connectivity index (χ4v) is 2.80. The van der Waals surface area contributed by atoms with Gasteiger partial charge in [-0.25, -0.2) is 0 Å². The van der Waals surface area contributed by atoms with Crippen molar-refractivity contribution in [1.82, 2.24) is 5.32 Å². The molecule has 2 amide bonds. The molecule has 0 aliphatic carbocycles. The van der Waals surface area contributed by atoms with E-state index < -0.39 is 17.9 Å². The van der Waals surface area contributed by atoms with Crippen LogP contribution in [0.5, 0.6) is 0 Å². The number of rotatable bonds is 4. The summed E-state index contributed by atoms with van der Waals surface area (Å²) in [6, 6.07) is 23.9. The minimum atomic E-state index is -0.760. The largest absolute Gasteiger partial charge is 0.397 e. The van der Waals surface area contributed by atoms with E-state index in [9.17, 15) is 9.59 Å². The van der Waals surface area contributed by atoms with Gasteiger partial charge < -0.3 is 16.4 Å². The third kappa shape index (κ3) is 4.52. The molecule has 0 bridgehead atoms. The Balaban J connectivity index is 1.80. The van der Waals surface area contributed by atoms with E-state index in [4.69, 9.17) is 5.73 Å². The van der Waals surface area contributed by atoms with Gasteiger partial charge in [0.2, 0.25) is 0 Å². The van der Waals surface area contributed by atoms with Crippen LogP contribution >= 0.6 is 0 Å². The first-order valence-corrected chi connectivity index (χ1v) is 8.62. The summed E-state index contributed by atoms with van der Waals surface area (Å²) in [7, 11) is 0. The summed E-state index contributed by atoms with van der Waals surface area (Å²) in [6.45, 7) is 1.88. The van der Waals surface area contributed by atoms with Crippen molar-refractivity contribution in [3.8, 4) is 0 Å². The lowest BCUT2D eigenvalue weighted by Gasteiger charge is -2.19. The number of aryl methyl sites for hydroxylation is 1. The zero-order valence-electron chi connectivity index (χ0n) is 15.0. The maximum Gasteiger partial charge on any atom is 0.313 e. The van der Waals surface area contributed by atoms with Crippen molar-refractivity contribution in [2.45, 2.75) is 13.0 Å². The summed E-state index contributed by atoms with van der Waals surface area (Å²) in [4.78, 5) is 24.9. The van der Waals surface area contributed by atoms with Crippen LogP contribution in [-0.4, -0.2) is 11.8 Å². The summed E-state index contributed by atoms with van der Waals surface area (Å²) in [6.07, 6.45) is 0. The highest BCUT2D eigenvalue weighted by Crippen LogP contribution is 2.22. The van der Waals surface area contributed by atoms with Gasteiger partial charge in [0, 0.05) is 0 Å². The summed E-state index contributed by atoms with van der Waals surface area (Å²) in [5, 5.41) is 5.40.